The van der Waals surface area contributed by atoms with E-state index >= 15 is 0 Å². The zero-order valence-corrected chi connectivity index (χ0v) is 11.4. The maximum absolute atomic E-state index is 12.4. The van der Waals surface area contributed by atoms with Crippen molar-refractivity contribution in [1.82, 2.24) is 0 Å². The molecule has 0 bridgehead atoms. The van der Waals surface area contributed by atoms with Gasteiger partial charge in [-0.05, 0) is 12.5 Å². The fourth-order valence-electron chi connectivity index (χ4n) is 1.12. The maximum Gasteiger partial charge on any atom is 0.416 e. The van der Waals surface area contributed by atoms with Crippen molar-refractivity contribution in [2.24, 2.45) is 0 Å². The number of hydrogen-bond acceptors (Lipinski definition) is 0. The third-order valence-corrected chi connectivity index (χ3v) is 1.90. The molecular formula is C13H21BF3. The molecule has 0 aliphatic rings. The first-order valence-corrected chi connectivity index (χ1v) is 5.92. The molecule has 0 amide bonds. The molecule has 17 heavy (non-hydrogen) atoms. The number of benzene rings is 1. The Balaban J connectivity index is 0. The van der Waals surface area contributed by atoms with Gasteiger partial charge in [0.25, 0.3) is 0 Å². The molecule has 0 spiro atoms. The topological polar surface area (TPSA) is 0 Å². The molecule has 0 aliphatic heterocycles. The quantitative estimate of drug-likeness (QED) is 0.641. The van der Waals surface area contributed by atoms with Crippen molar-refractivity contribution >= 4 is 12.7 Å². The van der Waals surface area contributed by atoms with Crippen molar-refractivity contribution < 1.29 is 13.2 Å². The van der Waals surface area contributed by atoms with Crippen LogP contribution in [0.4, 0.5) is 13.2 Å². The van der Waals surface area contributed by atoms with Gasteiger partial charge in [0.2, 0.25) is 0 Å². The maximum atomic E-state index is 12.4. The molecule has 1 rings (SSSR count). The van der Waals surface area contributed by atoms with Gasteiger partial charge in [-0.1, -0.05) is 58.2 Å². The first-order valence-electron chi connectivity index (χ1n) is 5.92. The highest BCUT2D eigenvalue weighted by atomic mass is 19.4. The molecule has 0 N–H and O–H groups in total. The van der Waals surface area contributed by atoms with Gasteiger partial charge in [0.1, 0.15) is 7.28 Å². The van der Waals surface area contributed by atoms with E-state index in [1.807, 2.05) is 27.7 Å². The molecule has 1 aromatic rings. The van der Waals surface area contributed by atoms with Crippen LogP contribution < -0.4 is 5.46 Å². The Morgan fingerprint density at radius 2 is 1.47 bits per heavy atom. The monoisotopic (exact) mass is 245 g/mol. The summed E-state index contributed by atoms with van der Waals surface area (Å²) >= 11 is 0. The van der Waals surface area contributed by atoms with Crippen LogP contribution in [0.15, 0.2) is 18.2 Å². The van der Waals surface area contributed by atoms with Gasteiger partial charge in [-0.2, -0.15) is 13.2 Å². The highest BCUT2D eigenvalue weighted by Gasteiger charge is 2.32. The van der Waals surface area contributed by atoms with Gasteiger partial charge in [-0.15, -0.1) is 0 Å². The summed E-state index contributed by atoms with van der Waals surface area (Å²) in [6.45, 7) is 11.2. The second-order valence-electron chi connectivity index (χ2n) is 2.86. The summed E-state index contributed by atoms with van der Waals surface area (Å²) < 4.78 is 37.1. The SMILES string of the molecule is CC.CC.C[B]c1ccc(C)c(C(F)(F)F)c1. The Kier molecular flexibility index (Phi) is 9.92. The minimum absolute atomic E-state index is 0.262. The lowest BCUT2D eigenvalue weighted by atomic mass is 9.72. The Bertz CT molecular complexity index is 306. The first kappa shape index (κ1) is 18.4. The average Bonchev–Trinajstić information content (AvgIpc) is 2.33. The van der Waals surface area contributed by atoms with Crippen molar-refractivity contribution in [2.75, 3.05) is 0 Å². The van der Waals surface area contributed by atoms with E-state index in [1.165, 1.54) is 13.0 Å². The molecule has 0 heterocycles. The largest absolute Gasteiger partial charge is 0.416 e. The van der Waals surface area contributed by atoms with Crippen LogP contribution in [0.25, 0.3) is 0 Å². The lowest BCUT2D eigenvalue weighted by Crippen LogP contribution is -2.16. The van der Waals surface area contributed by atoms with E-state index in [2.05, 4.69) is 0 Å². The average molecular weight is 245 g/mol. The van der Waals surface area contributed by atoms with Gasteiger partial charge in [-0.3, -0.25) is 0 Å². The predicted octanol–water partition coefficient (Wildman–Crippen LogP) is 4.44. The smallest absolute Gasteiger partial charge is 0.166 e. The number of halogens is 3. The first-order chi connectivity index (χ1) is 7.95. The van der Waals surface area contributed by atoms with Crippen LogP contribution in [-0.4, -0.2) is 7.28 Å². The molecule has 0 unspecified atom stereocenters. The molecule has 0 atom stereocenters. The van der Waals surface area contributed by atoms with Gasteiger partial charge in [0.05, 0.1) is 5.56 Å². The van der Waals surface area contributed by atoms with Gasteiger partial charge < -0.3 is 0 Å². The van der Waals surface area contributed by atoms with Crippen LogP contribution in [0.5, 0.6) is 0 Å². The summed E-state index contributed by atoms with van der Waals surface area (Å²) in [6.07, 6.45) is -4.25. The summed E-state index contributed by atoms with van der Waals surface area (Å²) in [5.74, 6) is 0. The number of rotatable bonds is 1. The highest BCUT2D eigenvalue weighted by molar-refractivity contribution is 6.51. The fraction of sp³-hybridized carbons (Fsp3) is 0.538. The Labute approximate surface area is 103 Å². The third-order valence-electron chi connectivity index (χ3n) is 1.90. The normalized spacial score (nSPS) is 9.47. The molecule has 97 valence electrons. The molecule has 0 saturated carbocycles. The molecule has 0 aromatic heterocycles. The summed E-state index contributed by atoms with van der Waals surface area (Å²) in [6, 6.07) is 4.32. The Hall–Kier alpha value is -0.925. The molecular weight excluding hydrogens is 224 g/mol. The van der Waals surface area contributed by atoms with Gasteiger partial charge in [0, 0.05) is 0 Å². The Morgan fingerprint density at radius 3 is 1.82 bits per heavy atom. The van der Waals surface area contributed by atoms with Crippen molar-refractivity contribution in [3.63, 3.8) is 0 Å². The van der Waals surface area contributed by atoms with Crippen LogP contribution in [0.1, 0.15) is 38.8 Å². The molecule has 4 heteroatoms. The molecule has 0 fully saturated rings. The van der Waals surface area contributed by atoms with Crippen LogP contribution in [0.2, 0.25) is 6.82 Å². The van der Waals surface area contributed by atoms with Gasteiger partial charge in [-0.25, -0.2) is 0 Å². The molecule has 0 saturated heterocycles. The standard InChI is InChI=1S/C9H9BF3.2C2H6/c1-6-3-4-7(10-2)5-8(6)9(11,12)13;2*1-2/h3-5H,1-2H3;2*1-2H3. The van der Waals surface area contributed by atoms with E-state index in [0.717, 1.165) is 6.07 Å². The van der Waals surface area contributed by atoms with Crippen LogP contribution in [-0.2, 0) is 6.18 Å². The summed E-state index contributed by atoms with van der Waals surface area (Å²) in [5.41, 5.74) is 0.305. The van der Waals surface area contributed by atoms with E-state index in [9.17, 15) is 13.2 Å². The van der Waals surface area contributed by atoms with Crippen LogP contribution in [0.3, 0.4) is 0 Å². The minimum Gasteiger partial charge on any atom is -0.166 e. The third kappa shape index (κ3) is 6.39. The van der Waals surface area contributed by atoms with Crippen molar-refractivity contribution in [2.45, 2.75) is 47.6 Å². The highest BCUT2D eigenvalue weighted by Crippen LogP contribution is 2.30. The molecule has 0 nitrogen and oxygen atoms in total. The lowest BCUT2D eigenvalue weighted by molar-refractivity contribution is -0.138. The minimum atomic E-state index is -4.25. The number of hydrogen-bond donors (Lipinski definition) is 0. The van der Waals surface area contributed by atoms with Gasteiger partial charge in [0.15, 0.2) is 0 Å². The van der Waals surface area contributed by atoms with E-state index in [4.69, 9.17) is 0 Å². The Morgan fingerprint density at radius 1 is 1.00 bits per heavy atom. The molecule has 0 aliphatic carbocycles. The van der Waals surface area contributed by atoms with Crippen molar-refractivity contribution in [3.8, 4) is 0 Å². The molecule has 1 aromatic carbocycles. The zero-order chi connectivity index (χ0) is 14.1. The second-order valence-corrected chi connectivity index (χ2v) is 2.86. The zero-order valence-electron chi connectivity index (χ0n) is 11.4. The van der Waals surface area contributed by atoms with E-state index < -0.39 is 11.7 Å². The number of alkyl halides is 3. The summed E-state index contributed by atoms with van der Waals surface area (Å²) in [4.78, 5) is 0. The van der Waals surface area contributed by atoms with E-state index in [1.54, 1.807) is 20.2 Å². The summed E-state index contributed by atoms with van der Waals surface area (Å²) in [7, 11) is 1.65. The van der Waals surface area contributed by atoms with E-state index in [-0.39, 0.29) is 5.56 Å². The lowest BCUT2D eigenvalue weighted by Gasteiger charge is -2.11. The van der Waals surface area contributed by atoms with Crippen molar-refractivity contribution in [1.29, 1.82) is 0 Å². The van der Waals surface area contributed by atoms with E-state index in [0.29, 0.717) is 5.46 Å². The van der Waals surface area contributed by atoms with Crippen LogP contribution in [0, 0.1) is 6.92 Å². The fourth-order valence-corrected chi connectivity index (χ4v) is 1.12. The van der Waals surface area contributed by atoms with Crippen LogP contribution >= 0.6 is 0 Å². The number of aryl methyl sites for hydroxylation is 1. The molecule has 1 radical (unpaired) electrons. The second kappa shape index (κ2) is 9.14. The van der Waals surface area contributed by atoms with Gasteiger partial charge >= 0.3 is 6.18 Å². The summed E-state index contributed by atoms with van der Waals surface area (Å²) in [5, 5.41) is 0. The predicted molar refractivity (Wildman–Crippen MR) is 70.1 cm³/mol. The van der Waals surface area contributed by atoms with Crippen molar-refractivity contribution in [3.05, 3.63) is 29.3 Å².